The number of anilines is 1. The first-order valence-electron chi connectivity index (χ1n) is 7.15. The molecule has 1 heterocycles. The predicted molar refractivity (Wildman–Crippen MR) is 75.6 cm³/mol. The van der Waals surface area contributed by atoms with Gasteiger partial charge in [0.15, 0.2) is 5.69 Å². The van der Waals surface area contributed by atoms with Crippen LogP contribution in [0.1, 0.15) is 50.5 Å². The topological polar surface area (TPSA) is 75.1 Å². The maximum atomic E-state index is 11.0. The molecular formula is C15H21N3O2. The first-order chi connectivity index (χ1) is 9.33. The van der Waals surface area contributed by atoms with Gasteiger partial charge in [0.25, 0.3) is 0 Å². The lowest BCUT2D eigenvalue weighted by Gasteiger charge is -2.43. The molecule has 0 saturated heterocycles. The number of rotatable bonds is 3. The number of hydrogen-bond donors (Lipinski definition) is 2. The Balaban J connectivity index is 1.87. The molecule has 5 heteroatoms. The molecule has 0 amide bonds. The highest BCUT2D eigenvalue weighted by Crippen LogP contribution is 2.62. The summed E-state index contributed by atoms with van der Waals surface area (Å²) in [6, 6.07) is 0.312. The molecule has 20 heavy (non-hydrogen) atoms. The molecule has 2 aliphatic carbocycles. The Morgan fingerprint density at radius 3 is 2.75 bits per heavy atom. The van der Waals surface area contributed by atoms with Crippen LogP contribution in [0, 0.1) is 16.7 Å². The number of carbonyl (C=O) groups is 1. The van der Waals surface area contributed by atoms with Gasteiger partial charge in [0, 0.05) is 6.04 Å². The maximum absolute atomic E-state index is 11.0. The fourth-order valence-corrected chi connectivity index (χ4v) is 4.35. The van der Waals surface area contributed by atoms with E-state index in [1.54, 1.807) is 6.20 Å². The second-order valence-corrected chi connectivity index (χ2v) is 7.09. The zero-order valence-electron chi connectivity index (χ0n) is 12.2. The van der Waals surface area contributed by atoms with E-state index >= 15 is 0 Å². The van der Waals surface area contributed by atoms with Gasteiger partial charge < -0.3 is 10.4 Å². The van der Waals surface area contributed by atoms with Crippen molar-refractivity contribution in [3.63, 3.8) is 0 Å². The number of hydrogen-bond acceptors (Lipinski definition) is 4. The quantitative estimate of drug-likeness (QED) is 0.887. The van der Waals surface area contributed by atoms with Gasteiger partial charge in [0.1, 0.15) is 5.82 Å². The molecule has 0 radical (unpaired) electrons. The molecule has 108 valence electrons. The Labute approximate surface area is 118 Å². The molecule has 3 unspecified atom stereocenters. The zero-order valence-corrected chi connectivity index (χ0v) is 12.2. The van der Waals surface area contributed by atoms with E-state index in [1.807, 2.05) is 0 Å². The Bertz CT molecular complexity index is 553. The van der Waals surface area contributed by atoms with E-state index in [2.05, 4.69) is 36.1 Å². The summed E-state index contributed by atoms with van der Waals surface area (Å²) in [5.74, 6) is 0.261. The van der Waals surface area contributed by atoms with E-state index < -0.39 is 5.97 Å². The molecule has 3 atom stereocenters. The minimum atomic E-state index is -1.04. The molecule has 2 aliphatic rings. The molecule has 0 spiro atoms. The van der Waals surface area contributed by atoms with E-state index in [0.29, 0.717) is 11.9 Å². The Morgan fingerprint density at radius 1 is 1.40 bits per heavy atom. The smallest absolute Gasteiger partial charge is 0.356 e. The van der Waals surface area contributed by atoms with Crippen LogP contribution >= 0.6 is 0 Å². The second kappa shape index (κ2) is 4.17. The van der Waals surface area contributed by atoms with Crippen molar-refractivity contribution in [3.8, 4) is 0 Å². The minimum Gasteiger partial charge on any atom is -0.476 e. The first kappa shape index (κ1) is 13.3. The average Bonchev–Trinajstić information content (AvgIpc) is 2.86. The third-order valence-corrected chi connectivity index (χ3v) is 5.42. The summed E-state index contributed by atoms with van der Waals surface area (Å²) >= 11 is 0. The van der Waals surface area contributed by atoms with Crippen molar-refractivity contribution in [2.75, 3.05) is 5.32 Å². The molecule has 5 nitrogen and oxygen atoms in total. The van der Waals surface area contributed by atoms with Gasteiger partial charge in [-0.1, -0.05) is 20.8 Å². The lowest BCUT2D eigenvalue weighted by atomic mass is 9.68. The Kier molecular flexibility index (Phi) is 2.78. The van der Waals surface area contributed by atoms with Crippen molar-refractivity contribution in [2.24, 2.45) is 16.7 Å². The van der Waals surface area contributed by atoms with Crippen LogP contribution in [-0.4, -0.2) is 27.1 Å². The Morgan fingerprint density at radius 2 is 2.15 bits per heavy atom. The van der Waals surface area contributed by atoms with E-state index in [-0.39, 0.29) is 16.5 Å². The van der Waals surface area contributed by atoms with E-state index in [0.717, 1.165) is 5.92 Å². The molecule has 2 saturated carbocycles. The number of nitrogens with one attached hydrogen (secondary N) is 1. The molecule has 3 rings (SSSR count). The molecule has 1 aromatic heterocycles. The van der Waals surface area contributed by atoms with Crippen LogP contribution < -0.4 is 5.32 Å². The second-order valence-electron chi connectivity index (χ2n) is 7.09. The predicted octanol–water partition coefficient (Wildman–Crippen LogP) is 2.80. The van der Waals surface area contributed by atoms with Gasteiger partial charge in [-0.15, -0.1) is 0 Å². The monoisotopic (exact) mass is 275 g/mol. The maximum Gasteiger partial charge on any atom is 0.356 e. The molecule has 0 aliphatic heterocycles. The van der Waals surface area contributed by atoms with Gasteiger partial charge in [0.05, 0.1) is 12.4 Å². The van der Waals surface area contributed by atoms with Gasteiger partial charge >= 0.3 is 5.97 Å². The minimum absolute atomic E-state index is 0.0129. The molecular weight excluding hydrogens is 254 g/mol. The Hall–Kier alpha value is -1.65. The van der Waals surface area contributed by atoms with Gasteiger partial charge in [-0.05, 0) is 36.0 Å². The highest BCUT2D eigenvalue weighted by Gasteiger charge is 2.59. The number of aromatic carboxylic acids is 1. The van der Waals surface area contributed by atoms with Crippen molar-refractivity contribution < 1.29 is 9.90 Å². The summed E-state index contributed by atoms with van der Waals surface area (Å²) < 4.78 is 0. The van der Waals surface area contributed by atoms with Crippen molar-refractivity contribution in [3.05, 3.63) is 18.1 Å². The summed E-state index contributed by atoms with van der Waals surface area (Å²) in [6.45, 7) is 6.93. The highest BCUT2D eigenvalue weighted by atomic mass is 16.4. The zero-order chi connectivity index (χ0) is 14.5. The van der Waals surface area contributed by atoms with Crippen molar-refractivity contribution in [1.29, 1.82) is 0 Å². The molecule has 0 aromatic carbocycles. The molecule has 2 N–H and O–H groups in total. The lowest BCUT2D eigenvalue weighted by Crippen LogP contribution is -2.46. The van der Waals surface area contributed by atoms with Crippen LogP contribution in [0.5, 0.6) is 0 Å². The van der Waals surface area contributed by atoms with Gasteiger partial charge in [-0.2, -0.15) is 0 Å². The van der Waals surface area contributed by atoms with Gasteiger partial charge in [0.2, 0.25) is 0 Å². The highest BCUT2D eigenvalue weighted by molar-refractivity contribution is 5.85. The molecule has 2 bridgehead atoms. The summed E-state index contributed by atoms with van der Waals surface area (Å²) in [4.78, 5) is 19.1. The van der Waals surface area contributed by atoms with Crippen LogP contribution in [0.25, 0.3) is 0 Å². The number of carboxylic acid groups (broad SMARTS) is 1. The van der Waals surface area contributed by atoms with Crippen LogP contribution in [-0.2, 0) is 0 Å². The summed E-state index contributed by atoms with van der Waals surface area (Å²) in [5.41, 5.74) is 0.462. The first-order valence-corrected chi connectivity index (χ1v) is 7.15. The summed E-state index contributed by atoms with van der Waals surface area (Å²) in [5, 5.41) is 12.5. The number of aromatic nitrogens is 2. The SMILES string of the molecule is CC12CCC(C1)C(C)(C)C2Nc1cncc(C(=O)O)n1. The van der Waals surface area contributed by atoms with E-state index in [1.165, 1.54) is 25.5 Å². The third kappa shape index (κ3) is 1.87. The number of fused-ring (bicyclic) bond motifs is 2. The van der Waals surface area contributed by atoms with E-state index in [9.17, 15) is 4.79 Å². The fourth-order valence-electron chi connectivity index (χ4n) is 4.35. The normalized spacial score (nSPS) is 34.1. The third-order valence-electron chi connectivity index (χ3n) is 5.42. The van der Waals surface area contributed by atoms with Crippen molar-refractivity contribution in [1.82, 2.24) is 9.97 Å². The average molecular weight is 275 g/mol. The lowest BCUT2D eigenvalue weighted by molar-refractivity contribution is 0.0690. The number of carboxylic acids is 1. The van der Waals surface area contributed by atoms with Gasteiger partial charge in [-0.3, -0.25) is 4.98 Å². The standard InChI is InChI=1S/C15H21N3O2/c1-14(2)9-4-5-15(3,6-9)13(14)18-11-8-16-7-10(17-11)12(19)20/h7-9,13H,4-6H2,1-3H3,(H,17,18)(H,19,20). The summed E-state index contributed by atoms with van der Waals surface area (Å²) in [6.07, 6.45) is 6.65. The largest absolute Gasteiger partial charge is 0.476 e. The van der Waals surface area contributed by atoms with E-state index in [4.69, 9.17) is 5.11 Å². The van der Waals surface area contributed by atoms with Crippen LogP contribution in [0.15, 0.2) is 12.4 Å². The van der Waals surface area contributed by atoms with Crippen LogP contribution in [0.2, 0.25) is 0 Å². The number of nitrogens with zero attached hydrogens (tertiary/aromatic N) is 2. The molecule has 1 aromatic rings. The van der Waals surface area contributed by atoms with Crippen LogP contribution in [0.3, 0.4) is 0 Å². The van der Waals surface area contributed by atoms with Crippen LogP contribution in [0.4, 0.5) is 5.82 Å². The summed E-state index contributed by atoms with van der Waals surface area (Å²) in [7, 11) is 0. The fraction of sp³-hybridized carbons (Fsp3) is 0.667. The van der Waals surface area contributed by atoms with Crippen molar-refractivity contribution in [2.45, 2.75) is 46.1 Å². The molecule has 2 fully saturated rings. The van der Waals surface area contributed by atoms with Crippen molar-refractivity contribution >= 4 is 11.8 Å². The van der Waals surface area contributed by atoms with Gasteiger partial charge in [-0.25, -0.2) is 9.78 Å².